The van der Waals surface area contributed by atoms with Crippen molar-refractivity contribution in [2.75, 3.05) is 7.11 Å². The maximum absolute atomic E-state index is 13.4. The minimum Gasteiger partial charge on any atom is -0.468 e. The summed E-state index contributed by atoms with van der Waals surface area (Å²) in [7, 11) is 1.33. The molecule has 2 aromatic rings. The zero-order valence-electron chi connectivity index (χ0n) is 11.1. The van der Waals surface area contributed by atoms with Crippen molar-refractivity contribution in [2.45, 2.75) is 25.2 Å². The number of hydrogen-bond acceptors (Lipinski definition) is 5. The van der Waals surface area contributed by atoms with Crippen molar-refractivity contribution in [1.29, 1.82) is 0 Å². The summed E-state index contributed by atoms with van der Waals surface area (Å²) < 4.78 is 23.3. The third-order valence-electron chi connectivity index (χ3n) is 3.46. The Kier molecular flexibility index (Phi) is 2.81. The standard InChI is InChI=1S/C14H13FN2O3/c1-8-5-9(7-10(15)6-8)11-16-12(20-17-11)14(3-4-14)13(18)19-2/h5-7H,3-4H2,1-2H3. The fourth-order valence-electron chi connectivity index (χ4n) is 2.23. The Bertz CT molecular complexity index is 657. The number of rotatable bonds is 3. The summed E-state index contributed by atoms with van der Waals surface area (Å²) in [5.41, 5.74) is 0.487. The Balaban J connectivity index is 1.97. The summed E-state index contributed by atoms with van der Waals surface area (Å²) in [6, 6.07) is 4.51. The summed E-state index contributed by atoms with van der Waals surface area (Å²) >= 11 is 0. The van der Waals surface area contributed by atoms with Gasteiger partial charge in [-0.25, -0.2) is 4.39 Å². The zero-order chi connectivity index (χ0) is 14.3. The number of carbonyl (C=O) groups excluding carboxylic acids is 1. The second-order valence-electron chi connectivity index (χ2n) is 5.01. The van der Waals surface area contributed by atoms with E-state index in [0.29, 0.717) is 18.4 Å². The lowest BCUT2D eigenvalue weighted by molar-refractivity contribution is -0.144. The molecule has 0 N–H and O–H groups in total. The molecule has 0 bridgehead atoms. The number of hydrogen-bond donors (Lipinski definition) is 0. The van der Waals surface area contributed by atoms with E-state index in [0.717, 1.165) is 5.56 Å². The smallest absolute Gasteiger partial charge is 0.321 e. The van der Waals surface area contributed by atoms with Gasteiger partial charge >= 0.3 is 5.97 Å². The molecule has 1 heterocycles. The van der Waals surface area contributed by atoms with E-state index in [4.69, 9.17) is 9.26 Å². The minimum absolute atomic E-state index is 0.237. The van der Waals surface area contributed by atoms with Gasteiger partial charge in [-0.1, -0.05) is 5.16 Å². The van der Waals surface area contributed by atoms with E-state index in [1.165, 1.54) is 19.2 Å². The normalized spacial score (nSPS) is 15.9. The van der Waals surface area contributed by atoms with E-state index in [1.54, 1.807) is 13.0 Å². The van der Waals surface area contributed by atoms with Gasteiger partial charge in [0.1, 0.15) is 11.2 Å². The topological polar surface area (TPSA) is 65.2 Å². The van der Waals surface area contributed by atoms with Crippen LogP contribution in [-0.2, 0) is 14.9 Å². The number of methoxy groups -OCH3 is 1. The van der Waals surface area contributed by atoms with Crippen LogP contribution in [0.2, 0.25) is 0 Å². The Labute approximate surface area is 114 Å². The van der Waals surface area contributed by atoms with Gasteiger partial charge < -0.3 is 9.26 Å². The Morgan fingerprint density at radius 2 is 2.15 bits per heavy atom. The molecule has 0 aliphatic heterocycles. The molecule has 1 aliphatic carbocycles. The van der Waals surface area contributed by atoms with Gasteiger partial charge in [0.05, 0.1) is 7.11 Å². The molecule has 1 aromatic carbocycles. The summed E-state index contributed by atoms with van der Waals surface area (Å²) in [6.07, 6.45) is 1.26. The molecule has 0 unspecified atom stereocenters. The maximum Gasteiger partial charge on any atom is 0.321 e. The number of halogens is 1. The number of carbonyl (C=O) groups is 1. The van der Waals surface area contributed by atoms with Crippen LogP contribution in [0.3, 0.4) is 0 Å². The molecule has 0 amide bonds. The van der Waals surface area contributed by atoms with Gasteiger partial charge in [-0.05, 0) is 43.5 Å². The number of benzene rings is 1. The van der Waals surface area contributed by atoms with Crippen LogP contribution in [-0.4, -0.2) is 23.2 Å². The van der Waals surface area contributed by atoms with E-state index in [1.807, 2.05) is 0 Å². The predicted molar refractivity (Wildman–Crippen MR) is 67.4 cm³/mol. The summed E-state index contributed by atoms with van der Waals surface area (Å²) in [5, 5.41) is 3.83. The molecule has 0 spiro atoms. The van der Waals surface area contributed by atoms with Crippen molar-refractivity contribution in [3.63, 3.8) is 0 Å². The fraction of sp³-hybridized carbons (Fsp3) is 0.357. The molecular weight excluding hydrogens is 263 g/mol. The molecule has 0 saturated heterocycles. The summed E-state index contributed by atoms with van der Waals surface area (Å²) in [6.45, 7) is 1.78. The van der Waals surface area contributed by atoms with Gasteiger partial charge in [0.2, 0.25) is 11.7 Å². The van der Waals surface area contributed by atoms with E-state index in [2.05, 4.69) is 10.1 Å². The second-order valence-corrected chi connectivity index (χ2v) is 5.01. The molecule has 1 aliphatic rings. The maximum atomic E-state index is 13.4. The molecule has 104 valence electrons. The van der Waals surface area contributed by atoms with Crippen LogP contribution in [0.1, 0.15) is 24.3 Å². The molecule has 6 heteroatoms. The molecular formula is C14H13FN2O3. The quantitative estimate of drug-likeness (QED) is 0.805. The van der Waals surface area contributed by atoms with Crippen molar-refractivity contribution in [1.82, 2.24) is 10.1 Å². The third kappa shape index (κ3) is 1.97. The van der Waals surface area contributed by atoms with Crippen molar-refractivity contribution in [3.05, 3.63) is 35.5 Å². The van der Waals surface area contributed by atoms with Crippen molar-refractivity contribution >= 4 is 5.97 Å². The van der Waals surface area contributed by atoms with Crippen molar-refractivity contribution in [3.8, 4) is 11.4 Å². The van der Waals surface area contributed by atoms with Crippen LogP contribution >= 0.6 is 0 Å². The van der Waals surface area contributed by atoms with Gasteiger partial charge in [-0.3, -0.25) is 4.79 Å². The highest BCUT2D eigenvalue weighted by atomic mass is 19.1. The van der Waals surface area contributed by atoms with Crippen molar-refractivity contribution in [2.24, 2.45) is 0 Å². The fourth-order valence-corrected chi connectivity index (χ4v) is 2.23. The van der Waals surface area contributed by atoms with E-state index in [9.17, 15) is 9.18 Å². The average Bonchev–Trinajstić information content (AvgIpc) is 3.07. The zero-order valence-corrected chi connectivity index (χ0v) is 11.1. The van der Waals surface area contributed by atoms with E-state index < -0.39 is 5.41 Å². The highest BCUT2D eigenvalue weighted by molar-refractivity contribution is 5.85. The van der Waals surface area contributed by atoms with Crippen LogP contribution in [0.4, 0.5) is 4.39 Å². The van der Waals surface area contributed by atoms with Gasteiger partial charge in [0.15, 0.2) is 0 Å². The molecule has 0 radical (unpaired) electrons. The molecule has 1 aromatic heterocycles. The number of aromatic nitrogens is 2. The van der Waals surface area contributed by atoms with Crippen LogP contribution in [0.5, 0.6) is 0 Å². The Morgan fingerprint density at radius 3 is 2.75 bits per heavy atom. The van der Waals surface area contributed by atoms with Crippen LogP contribution in [0, 0.1) is 12.7 Å². The monoisotopic (exact) mass is 276 g/mol. The number of nitrogens with zero attached hydrogens (tertiary/aromatic N) is 2. The molecule has 1 fully saturated rings. The number of aryl methyl sites for hydroxylation is 1. The average molecular weight is 276 g/mol. The predicted octanol–water partition coefficient (Wildman–Crippen LogP) is 2.39. The highest BCUT2D eigenvalue weighted by Gasteiger charge is 2.57. The van der Waals surface area contributed by atoms with Gasteiger partial charge in [-0.2, -0.15) is 4.98 Å². The van der Waals surface area contributed by atoms with Crippen molar-refractivity contribution < 1.29 is 18.4 Å². The molecule has 0 atom stereocenters. The Morgan fingerprint density at radius 1 is 1.40 bits per heavy atom. The number of esters is 1. The van der Waals surface area contributed by atoms with Gasteiger partial charge in [0.25, 0.3) is 0 Å². The largest absolute Gasteiger partial charge is 0.468 e. The first-order valence-corrected chi connectivity index (χ1v) is 6.25. The molecule has 20 heavy (non-hydrogen) atoms. The van der Waals surface area contributed by atoms with Crippen LogP contribution in [0.25, 0.3) is 11.4 Å². The second kappa shape index (κ2) is 4.40. The summed E-state index contributed by atoms with van der Waals surface area (Å²) in [5.74, 6) is -0.220. The lowest BCUT2D eigenvalue weighted by Crippen LogP contribution is -2.22. The van der Waals surface area contributed by atoms with E-state index in [-0.39, 0.29) is 23.5 Å². The molecule has 3 rings (SSSR count). The first kappa shape index (κ1) is 12.8. The van der Waals surface area contributed by atoms with Gasteiger partial charge in [-0.15, -0.1) is 0 Å². The minimum atomic E-state index is -0.803. The van der Waals surface area contributed by atoms with E-state index >= 15 is 0 Å². The van der Waals surface area contributed by atoms with Crippen LogP contribution < -0.4 is 0 Å². The highest BCUT2D eigenvalue weighted by Crippen LogP contribution is 2.48. The first-order valence-electron chi connectivity index (χ1n) is 6.25. The number of ether oxygens (including phenoxy) is 1. The molecule has 1 saturated carbocycles. The lowest BCUT2D eigenvalue weighted by Gasteiger charge is -2.05. The molecule has 5 nitrogen and oxygen atoms in total. The first-order chi connectivity index (χ1) is 9.55. The summed E-state index contributed by atoms with van der Waals surface area (Å²) in [4.78, 5) is 16.0. The van der Waals surface area contributed by atoms with Gasteiger partial charge in [0, 0.05) is 5.56 Å². The third-order valence-corrected chi connectivity index (χ3v) is 3.46. The lowest BCUT2D eigenvalue weighted by atomic mass is 10.1. The van der Waals surface area contributed by atoms with Crippen LogP contribution in [0.15, 0.2) is 22.7 Å². The SMILES string of the molecule is COC(=O)C1(c2nc(-c3cc(C)cc(F)c3)no2)CC1. The Hall–Kier alpha value is -2.24.